The highest BCUT2D eigenvalue weighted by molar-refractivity contribution is 6.30. The van der Waals surface area contributed by atoms with Gasteiger partial charge in [0.15, 0.2) is 11.6 Å². The minimum absolute atomic E-state index is 0.231. The van der Waals surface area contributed by atoms with E-state index in [1.807, 2.05) is 66.4 Å². The quantitative estimate of drug-likeness (QED) is 0.283. The summed E-state index contributed by atoms with van der Waals surface area (Å²) in [5.74, 6) is -2.66. The number of hydrogen-bond acceptors (Lipinski definition) is 4. The fraction of sp³-hybridized carbons (Fsp3) is 0.147. The molecule has 7 rings (SSSR count). The molecule has 4 atom stereocenters. The Balaban J connectivity index is 1.53. The highest BCUT2D eigenvalue weighted by atomic mass is 35.5. The number of halogens is 2. The average molecular weight is 563 g/mol. The number of anilines is 2. The molecule has 41 heavy (non-hydrogen) atoms. The third-order valence-electron chi connectivity index (χ3n) is 8.60. The van der Waals surface area contributed by atoms with Crippen LogP contribution in [-0.2, 0) is 10.2 Å². The molecule has 0 saturated carbocycles. The molecule has 1 N–H and O–H groups in total. The Morgan fingerprint density at radius 3 is 2.34 bits per heavy atom. The van der Waals surface area contributed by atoms with Gasteiger partial charge in [0.25, 0.3) is 0 Å². The third kappa shape index (κ3) is 3.64. The number of aryl methyl sites for hydroxylation is 1. The van der Waals surface area contributed by atoms with Crippen molar-refractivity contribution in [2.24, 2.45) is 5.92 Å². The van der Waals surface area contributed by atoms with Crippen molar-refractivity contribution < 1.29 is 18.8 Å². The van der Waals surface area contributed by atoms with E-state index in [2.05, 4.69) is 5.32 Å². The summed E-state index contributed by atoms with van der Waals surface area (Å²) in [4.78, 5) is 45.5. The van der Waals surface area contributed by atoms with Crippen molar-refractivity contribution in [2.75, 3.05) is 10.2 Å². The van der Waals surface area contributed by atoms with Crippen LogP contribution in [-0.4, -0.2) is 29.6 Å². The van der Waals surface area contributed by atoms with E-state index in [-0.39, 0.29) is 17.3 Å². The first-order chi connectivity index (χ1) is 19.8. The van der Waals surface area contributed by atoms with E-state index in [0.717, 1.165) is 16.8 Å². The molecule has 1 amide bonds. The molecular formula is C34H24ClFN2O3. The molecule has 3 heterocycles. The van der Waals surface area contributed by atoms with Crippen molar-refractivity contribution in [3.63, 3.8) is 0 Å². The average Bonchev–Trinajstić information content (AvgIpc) is 3.45. The fourth-order valence-electron chi connectivity index (χ4n) is 6.88. The Hall–Kier alpha value is -4.55. The van der Waals surface area contributed by atoms with Gasteiger partial charge in [0, 0.05) is 27.5 Å². The number of amides is 1. The molecule has 0 radical (unpaired) electrons. The Kier molecular flexibility index (Phi) is 5.73. The van der Waals surface area contributed by atoms with Crippen LogP contribution in [0.25, 0.3) is 6.08 Å². The number of fused-ring (bicyclic) bond motifs is 6. The van der Waals surface area contributed by atoms with Gasteiger partial charge in [0.2, 0.25) is 5.91 Å². The Morgan fingerprint density at radius 1 is 0.902 bits per heavy atom. The summed E-state index contributed by atoms with van der Waals surface area (Å²) in [5.41, 5.74) is 3.16. The zero-order valence-electron chi connectivity index (χ0n) is 22.0. The van der Waals surface area contributed by atoms with Crippen LogP contribution in [0, 0.1) is 18.7 Å². The first-order valence-corrected chi connectivity index (χ1v) is 13.8. The molecule has 0 aromatic heterocycles. The van der Waals surface area contributed by atoms with Gasteiger partial charge in [-0.05, 0) is 84.8 Å². The van der Waals surface area contributed by atoms with Crippen LogP contribution in [0.2, 0.25) is 5.02 Å². The molecule has 3 aliphatic heterocycles. The zero-order valence-corrected chi connectivity index (χ0v) is 22.7. The molecule has 0 unspecified atom stereocenters. The van der Waals surface area contributed by atoms with Crippen molar-refractivity contribution in [3.05, 3.63) is 136 Å². The van der Waals surface area contributed by atoms with Gasteiger partial charge in [-0.25, -0.2) is 4.39 Å². The maximum Gasteiger partial charge on any atom is 0.238 e. The van der Waals surface area contributed by atoms with Crippen LogP contribution >= 0.6 is 11.6 Å². The first-order valence-electron chi connectivity index (χ1n) is 13.4. The highest BCUT2D eigenvalue weighted by Crippen LogP contribution is 2.58. The maximum absolute atomic E-state index is 14.7. The Bertz CT molecular complexity index is 1780. The van der Waals surface area contributed by atoms with Crippen molar-refractivity contribution >= 4 is 46.5 Å². The first kappa shape index (κ1) is 25.4. The third-order valence-corrected chi connectivity index (χ3v) is 8.85. The second-order valence-electron chi connectivity index (χ2n) is 10.8. The number of benzene rings is 4. The summed E-state index contributed by atoms with van der Waals surface area (Å²) in [6, 6.07) is 23.4. The second kappa shape index (κ2) is 9.25. The molecule has 0 aliphatic carbocycles. The number of rotatable bonds is 4. The Morgan fingerprint density at radius 2 is 1.59 bits per heavy atom. The number of nitrogens with one attached hydrogen (secondary N) is 1. The number of Topliss-reactive ketones (excluding diaryl/α,β-unsaturated/α-hetero) is 2. The Labute approximate surface area is 241 Å². The SMILES string of the molecule is Cc1ccc2c(c1)C=C[C@@H]1N2[C@H](C(=O)c2ccc(Cl)cc2)[C@H](C(=O)c2ccc(F)cc2)[C@]12C(=O)Nc1ccccc12. The predicted octanol–water partition coefficient (Wildman–Crippen LogP) is 6.64. The van der Waals surface area contributed by atoms with Crippen LogP contribution in [0.4, 0.5) is 15.8 Å². The van der Waals surface area contributed by atoms with Crippen LogP contribution in [0.3, 0.4) is 0 Å². The van der Waals surface area contributed by atoms with Gasteiger partial charge < -0.3 is 10.2 Å². The molecule has 3 aliphatic rings. The molecule has 0 bridgehead atoms. The van der Waals surface area contributed by atoms with Crippen molar-refractivity contribution in [2.45, 2.75) is 24.4 Å². The minimum Gasteiger partial charge on any atom is -0.352 e. The van der Waals surface area contributed by atoms with Crippen LogP contribution < -0.4 is 10.2 Å². The van der Waals surface area contributed by atoms with E-state index in [1.54, 1.807) is 24.3 Å². The standard InChI is InChI=1S/C34H24ClFN2O3/c1-19-6-16-27-22(18-19)11-17-28-34(25-4-2-3-5-26(25)37-33(34)41)29(31(39)20-9-14-24(36)15-10-20)30(38(27)28)32(40)21-7-12-23(35)13-8-21/h2-18,28-30H,1H3,(H,37,41)/t28-,29+,30-,34+/m0/s1. The number of carbonyl (C=O) groups is 3. The lowest BCUT2D eigenvalue weighted by atomic mass is 9.64. The van der Waals surface area contributed by atoms with Crippen LogP contribution in [0.15, 0.2) is 97.1 Å². The lowest BCUT2D eigenvalue weighted by molar-refractivity contribution is -0.121. The number of para-hydroxylation sites is 1. The summed E-state index contributed by atoms with van der Waals surface area (Å²) in [7, 11) is 0. The number of hydrogen-bond donors (Lipinski definition) is 1. The van der Waals surface area contributed by atoms with Gasteiger partial charge in [0.05, 0.1) is 12.0 Å². The van der Waals surface area contributed by atoms with E-state index in [0.29, 0.717) is 21.8 Å². The summed E-state index contributed by atoms with van der Waals surface area (Å²) < 4.78 is 13.9. The molecule has 1 fully saturated rings. The molecule has 1 spiro atoms. The van der Waals surface area contributed by atoms with Gasteiger partial charge in [0.1, 0.15) is 17.3 Å². The topological polar surface area (TPSA) is 66.5 Å². The molecule has 202 valence electrons. The molecule has 7 heteroatoms. The summed E-state index contributed by atoms with van der Waals surface area (Å²) in [6.07, 6.45) is 3.90. The van der Waals surface area contributed by atoms with Crippen LogP contribution in [0.1, 0.15) is 37.4 Å². The van der Waals surface area contributed by atoms with Crippen molar-refractivity contribution in [1.29, 1.82) is 0 Å². The fourth-order valence-corrected chi connectivity index (χ4v) is 7.00. The van der Waals surface area contributed by atoms with Gasteiger partial charge in [-0.2, -0.15) is 0 Å². The van der Waals surface area contributed by atoms with E-state index < -0.39 is 35.0 Å². The van der Waals surface area contributed by atoms with Gasteiger partial charge in [-0.1, -0.05) is 53.6 Å². The van der Waals surface area contributed by atoms with E-state index in [4.69, 9.17) is 11.6 Å². The van der Waals surface area contributed by atoms with E-state index >= 15 is 0 Å². The monoisotopic (exact) mass is 562 g/mol. The molecule has 5 nitrogen and oxygen atoms in total. The van der Waals surface area contributed by atoms with Crippen LogP contribution in [0.5, 0.6) is 0 Å². The zero-order chi connectivity index (χ0) is 28.5. The highest BCUT2D eigenvalue weighted by Gasteiger charge is 2.70. The van der Waals surface area contributed by atoms with Gasteiger partial charge in [-0.3, -0.25) is 14.4 Å². The largest absolute Gasteiger partial charge is 0.352 e. The van der Waals surface area contributed by atoms with E-state index in [9.17, 15) is 18.8 Å². The van der Waals surface area contributed by atoms with Crippen molar-refractivity contribution in [3.8, 4) is 0 Å². The normalized spacial score (nSPS) is 23.6. The summed E-state index contributed by atoms with van der Waals surface area (Å²) in [5, 5.41) is 3.49. The number of nitrogens with zero attached hydrogens (tertiary/aromatic N) is 1. The minimum atomic E-state index is -1.42. The predicted molar refractivity (Wildman–Crippen MR) is 157 cm³/mol. The maximum atomic E-state index is 14.7. The number of carbonyl (C=O) groups excluding carboxylic acids is 3. The van der Waals surface area contributed by atoms with Gasteiger partial charge >= 0.3 is 0 Å². The summed E-state index contributed by atoms with van der Waals surface area (Å²) in [6.45, 7) is 1.99. The summed E-state index contributed by atoms with van der Waals surface area (Å²) >= 11 is 6.15. The molecular weight excluding hydrogens is 539 g/mol. The molecule has 4 aromatic rings. The second-order valence-corrected chi connectivity index (χ2v) is 11.2. The lowest BCUT2D eigenvalue weighted by Crippen LogP contribution is -2.51. The van der Waals surface area contributed by atoms with Gasteiger partial charge in [-0.15, -0.1) is 0 Å². The number of ketones is 2. The molecule has 4 aromatic carbocycles. The lowest BCUT2D eigenvalue weighted by Gasteiger charge is -2.37. The smallest absolute Gasteiger partial charge is 0.238 e. The molecule has 1 saturated heterocycles. The van der Waals surface area contributed by atoms with Crippen molar-refractivity contribution in [1.82, 2.24) is 0 Å². The van der Waals surface area contributed by atoms with E-state index in [1.165, 1.54) is 24.3 Å².